The molecule has 0 aromatic carbocycles. The molecular formula is C7H15ClN2O2. The van der Waals surface area contributed by atoms with Crippen LogP contribution < -0.4 is 5.73 Å². The molecule has 0 radical (unpaired) electrons. The molecule has 1 aliphatic rings. The highest BCUT2D eigenvalue weighted by atomic mass is 35.5. The van der Waals surface area contributed by atoms with E-state index in [0.717, 1.165) is 13.0 Å². The van der Waals surface area contributed by atoms with Crippen LogP contribution in [0.3, 0.4) is 0 Å². The van der Waals surface area contributed by atoms with Crippen molar-refractivity contribution in [2.45, 2.75) is 12.5 Å². The van der Waals surface area contributed by atoms with Crippen molar-refractivity contribution in [1.29, 1.82) is 0 Å². The van der Waals surface area contributed by atoms with Crippen LogP contribution in [0.4, 0.5) is 0 Å². The van der Waals surface area contributed by atoms with Crippen molar-refractivity contribution in [2.24, 2.45) is 5.73 Å². The summed E-state index contributed by atoms with van der Waals surface area (Å²) in [7, 11) is 1.96. The summed E-state index contributed by atoms with van der Waals surface area (Å²) in [5.41, 5.74) is 5.11. The fourth-order valence-electron chi connectivity index (χ4n) is 1.16. The molecule has 1 fully saturated rings. The first-order valence-corrected chi connectivity index (χ1v) is 3.79. The van der Waals surface area contributed by atoms with Crippen molar-refractivity contribution in [2.75, 3.05) is 26.7 Å². The Hall–Kier alpha value is -0.320. The third-order valence-corrected chi connectivity index (χ3v) is 1.80. The number of carbonyl (C=O) groups excluding carboxylic acids is 1. The Morgan fingerprint density at radius 1 is 1.67 bits per heavy atom. The molecule has 1 unspecified atom stereocenters. The van der Waals surface area contributed by atoms with E-state index in [4.69, 9.17) is 10.5 Å². The highest BCUT2D eigenvalue weighted by Gasteiger charge is 2.20. The van der Waals surface area contributed by atoms with Crippen LogP contribution >= 0.6 is 12.4 Å². The van der Waals surface area contributed by atoms with Gasteiger partial charge in [0.25, 0.3) is 0 Å². The molecule has 1 rings (SSSR count). The molecule has 0 aromatic rings. The molecule has 0 saturated carbocycles. The number of rotatable bonds is 1. The van der Waals surface area contributed by atoms with Gasteiger partial charge in [-0.05, 0) is 13.5 Å². The zero-order chi connectivity index (χ0) is 8.27. The van der Waals surface area contributed by atoms with Gasteiger partial charge in [-0.15, -0.1) is 12.4 Å². The van der Waals surface area contributed by atoms with Crippen LogP contribution in [0.1, 0.15) is 6.42 Å². The zero-order valence-electron chi connectivity index (χ0n) is 7.16. The SMILES string of the molecule is CN1CCCOC(C(N)=O)C1.Cl. The molecule has 72 valence electrons. The van der Waals surface area contributed by atoms with Gasteiger partial charge in [0.05, 0.1) is 0 Å². The van der Waals surface area contributed by atoms with Gasteiger partial charge in [0, 0.05) is 19.7 Å². The highest BCUT2D eigenvalue weighted by Crippen LogP contribution is 2.02. The van der Waals surface area contributed by atoms with Gasteiger partial charge in [0.2, 0.25) is 5.91 Å². The fourth-order valence-corrected chi connectivity index (χ4v) is 1.16. The van der Waals surface area contributed by atoms with Crippen molar-refractivity contribution in [3.8, 4) is 0 Å². The van der Waals surface area contributed by atoms with Crippen molar-refractivity contribution in [3.63, 3.8) is 0 Å². The zero-order valence-corrected chi connectivity index (χ0v) is 7.97. The topological polar surface area (TPSA) is 55.6 Å². The number of hydrogen-bond donors (Lipinski definition) is 1. The first-order chi connectivity index (χ1) is 5.20. The molecule has 0 aromatic heterocycles. The monoisotopic (exact) mass is 194 g/mol. The summed E-state index contributed by atoms with van der Waals surface area (Å²) in [6.07, 6.45) is 0.558. The quantitative estimate of drug-likeness (QED) is 0.619. The van der Waals surface area contributed by atoms with E-state index in [1.54, 1.807) is 0 Å². The van der Waals surface area contributed by atoms with Crippen LogP contribution in [0.5, 0.6) is 0 Å². The van der Waals surface area contributed by atoms with Gasteiger partial charge in [0.15, 0.2) is 0 Å². The maximum atomic E-state index is 10.7. The maximum Gasteiger partial charge on any atom is 0.247 e. The Bertz CT molecular complexity index is 154. The van der Waals surface area contributed by atoms with Gasteiger partial charge in [-0.25, -0.2) is 0 Å². The maximum absolute atomic E-state index is 10.7. The molecule has 2 N–H and O–H groups in total. The second kappa shape index (κ2) is 5.35. The molecule has 0 aliphatic carbocycles. The van der Waals surface area contributed by atoms with Gasteiger partial charge in [-0.1, -0.05) is 0 Å². The predicted molar refractivity (Wildman–Crippen MR) is 48.3 cm³/mol. The van der Waals surface area contributed by atoms with Crippen molar-refractivity contribution in [1.82, 2.24) is 4.90 Å². The summed E-state index contributed by atoms with van der Waals surface area (Å²) >= 11 is 0. The number of primary amides is 1. The number of halogens is 1. The largest absolute Gasteiger partial charge is 0.367 e. The number of hydrogen-bond acceptors (Lipinski definition) is 3. The van der Waals surface area contributed by atoms with Crippen molar-refractivity contribution >= 4 is 18.3 Å². The Morgan fingerprint density at radius 3 is 2.92 bits per heavy atom. The number of likely N-dealkylation sites (N-methyl/N-ethyl adjacent to an activating group) is 1. The van der Waals surface area contributed by atoms with E-state index in [1.807, 2.05) is 7.05 Å². The van der Waals surface area contributed by atoms with Gasteiger partial charge >= 0.3 is 0 Å². The molecule has 1 atom stereocenters. The first-order valence-electron chi connectivity index (χ1n) is 3.79. The molecule has 0 bridgehead atoms. The van der Waals surface area contributed by atoms with E-state index in [-0.39, 0.29) is 18.3 Å². The Kier molecular flexibility index (Phi) is 5.20. The molecular weight excluding hydrogens is 180 g/mol. The lowest BCUT2D eigenvalue weighted by Gasteiger charge is -2.16. The van der Waals surface area contributed by atoms with Gasteiger partial charge < -0.3 is 15.4 Å². The molecule has 0 spiro atoms. The highest BCUT2D eigenvalue weighted by molar-refractivity contribution is 5.85. The summed E-state index contributed by atoms with van der Waals surface area (Å²) in [6.45, 7) is 2.23. The van der Waals surface area contributed by atoms with Crippen LogP contribution in [0.2, 0.25) is 0 Å². The molecule has 12 heavy (non-hydrogen) atoms. The second-order valence-corrected chi connectivity index (χ2v) is 2.88. The first kappa shape index (κ1) is 11.7. The van der Waals surface area contributed by atoms with Crippen LogP contribution in [-0.2, 0) is 9.53 Å². The van der Waals surface area contributed by atoms with Crippen LogP contribution in [0.15, 0.2) is 0 Å². The van der Waals surface area contributed by atoms with E-state index >= 15 is 0 Å². The molecule has 4 nitrogen and oxygen atoms in total. The van der Waals surface area contributed by atoms with Crippen molar-refractivity contribution in [3.05, 3.63) is 0 Å². The summed E-state index contributed by atoms with van der Waals surface area (Å²) in [6, 6.07) is 0. The van der Waals surface area contributed by atoms with E-state index in [9.17, 15) is 4.79 Å². The Morgan fingerprint density at radius 2 is 2.33 bits per heavy atom. The molecule has 1 saturated heterocycles. The lowest BCUT2D eigenvalue weighted by atomic mass is 10.3. The van der Waals surface area contributed by atoms with Gasteiger partial charge in [-0.2, -0.15) is 0 Å². The lowest BCUT2D eigenvalue weighted by Crippen LogP contribution is -2.38. The molecule has 5 heteroatoms. The summed E-state index contributed by atoms with van der Waals surface area (Å²) < 4.78 is 5.22. The standard InChI is InChI=1S/C7H14N2O2.ClH/c1-9-3-2-4-11-6(5-9)7(8)10;/h6H,2-5H2,1H3,(H2,8,10);1H. The minimum Gasteiger partial charge on any atom is -0.367 e. The average molecular weight is 195 g/mol. The van der Waals surface area contributed by atoms with Crippen molar-refractivity contribution < 1.29 is 9.53 Å². The lowest BCUT2D eigenvalue weighted by molar-refractivity contribution is -0.129. The number of nitrogens with zero attached hydrogens (tertiary/aromatic N) is 1. The van der Waals surface area contributed by atoms with E-state index < -0.39 is 6.10 Å². The second-order valence-electron chi connectivity index (χ2n) is 2.88. The minimum absolute atomic E-state index is 0. The van der Waals surface area contributed by atoms with E-state index in [0.29, 0.717) is 13.2 Å². The normalized spacial score (nSPS) is 25.6. The van der Waals surface area contributed by atoms with Gasteiger partial charge in [-0.3, -0.25) is 4.79 Å². The molecule has 1 aliphatic heterocycles. The van der Waals surface area contributed by atoms with E-state index in [2.05, 4.69) is 4.90 Å². The summed E-state index contributed by atoms with van der Waals surface area (Å²) in [5.74, 6) is -0.362. The van der Waals surface area contributed by atoms with Crippen LogP contribution in [0, 0.1) is 0 Å². The average Bonchev–Trinajstić information content (AvgIpc) is 2.13. The smallest absolute Gasteiger partial charge is 0.247 e. The third kappa shape index (κ3) is 3.38. The number of amides is 1. The van der Waals surface area contributed by atoms with E-state index in [1.165, 1.54) is 0 Å². The van der Waals surface area contributed by atoms with Crippen LogP contribution in [0.25, 0.3) is 0 Å². The summed E-state index contributed by atoms with van der Waals surface area (Å²) in [4.78, 5) is 12.8. The number of ether oxygens (including phenoxy) is 1. The Balaban J connectivity index is 0.00000121. The third-order valence-electron chi connectivity index (χ3n) is 1.80. The van der Waals surface area contributed by atoms with Crippen LogP contribution in [-0.4, -0.2) is 43.7 Å². The number of carbonyl (C=O) groups is 1. The molecule has 1 amide bonds. The molecule has 1 heterocycles. The van der Waals surface area contributed by atoms with Gasteiger partial charge in [0.1, 0.15) is 6.10 Å². The predicted octanol–water partition coefficient (Wildman–Crippen LogP) is -0.386. The Labute approximate surface area is 78.5 Å². The summed E-state index contributed by atoms with van der Waals surface area (Å²) in [5, 5.41) is 0. The fraction of sp³-hybridized carbons (Fsp3) is 0.857. The minimum atomic E-state index is -0.414. The number of nitrogens with two attached hydrogens (primary N) is 1.